The highest BCUT2D eigenvalue weighted by molar-refractivity contribution is 5.07. The quantitative estimate of drug-likeness (QED) is 0.767. The van der Waals surface area contributed by atoms with E-state index in [2.05, 4.69) is 12.0 Å². The van der Waals surface area contributed by atoms with Crippen molar-refractivity contribution in [1.82, 2.24) is 5.06 Å². The first-order chi connectivity index (χ1) is 8.25. The van der Waals surface area contributed by atoms with E-state index in [0.717, 1.165) is 32.2 Å². The molecule has 4 nitrogen and oxygen atoms in total. The molecule has 0 amide bonds. The minimum absolute atomic E-state index is 0.121. The third kappa shape index (κ3) is 1.51. The lowest BCUT2D eigenvalue weighted by atomic mass is 9.62. The summed E-state index contributed by atoms with van der Waals surface area (Å²) in [7, 11) is 0. The van der Waals surface area contributed by atoms with E-state index in [0.29, 0.717) is 24.0 Å². The van der Waals surface area contributed by atoms with Crippen molar-refractivity contribution in [3.05, 3.63) is 0 Å². The van der Waals surface area contributed by atoms with E-state index in [1.807, 2.05) is 0 Å². The van der Waals surface area contributed by atoms with E-state index in [1.54, 1.807) is 0 Å². The Labute approximate surface area is 103 Å². The van der Waals surface area contributed by atoms with E-state index in [9.17, 15) is 10.2 Å². The summed E-state index contributed by atoms with van der Waals surface area (Å²) in [5.41, 5.74) is -0.247. The van der Waals surface area contributed by atoms with Crippen molar-refractivity contribution >= 4 is 0 Å². The summed E-state index contributed by atoms with van der Waals surface area (Å²) in [6.45, 7) is 3.32. The average molecular weight is 241 g/mol. The Balaban J connectivity index is 1.88. The summed E-state index contributed by atoms with van der Waals surface area (Å²) in [5.74, 6) is 0.973. The highest BCUT2D eigenvalue weighted by Crippen LogP contribution is 2.56. The maximum atomic E-state index is 9.69. The summed E-state index contributed by atoms with van der Waals surface area (Å²) in [5, 5.41) is 21.5. The first kappa shape index (κ1) is 11.9. The van der Waals surface area contributed by atoms with Gasteiger partial charge in [-0.25, -0.2) is 0 Å². The van der Waals surface area contributed by atoms with Crippen molar-refractivity contribution in [1.29, 1.82) is 0 Å². The van der Waals surface area contributed by atoms with Crippen molar-refractivity contribution < 1.29 is 15.1 Å². The average Bonchev–Trinajstić information content (AvgIpc) is 2.95. The molecule has 2 unspecified atom stereocenters. The molecule has 17 heavy (non-hydrogen) atoms. The van der Waals surface area contributed by atoms with Gasteiger partial charge in [-0.2, -0.15) is 5.06 Å². The van der Waals surface area contributed by atoms with Gasteiger partial charge in [-0.05, 0) is 31.6 Å². The number of aliphatic hydroxyl groups is 2. The molecule has 1 aliphatic heterocycles. The van der Waals surface area contributed by atoms with E-state index < -0.39 is 0 Å². The van der Waals surface area contributed by atoms with Crippen molar-refractivity contribution in [2.75, 3.05) is 19.8 Å². The molecule has 0 aromatic heterocycles. The van der Waals surface area contributed by atoms with E-state index in [-0.39, 0.29) is 18.6 Å². The Morgan fingerprint density at radius 2 is 2.00 bits per heavy atom. The largest absolute Gasteiger partial charge is 0.396 e. The SMILES string of the molecule is CCN1O[C@H]2CCC(CO)(CO)C3CC[C@@H]1C32. The number of aliphatic hydroxyl groups excluding tert-OH is 2. The van der Waals surface area contributed by atoms with Crippen LogP contribution in [0.4, 0.5) is 0 Å². The summed E-state index contributed by atoms with van der Waals surface area (Å²) in [4.78, 5) is 6.00. The molecule has 0 aromatic rings. The van der Waals surface area contributed by atoms with Crippen molar-refractivity contribution in [3.8, 4) is 0 Å². The van der Waals surface area contributed by atoms with Gasteiger partial charge in [-0.3, -0.25) is 4.84 Å². The number of rotatable bonds is 3. The van der Waals surface area contributed by atoms with E-state index in [4.69, 9.17) is 4.84 Å². The van der Waals surface area contributed by atoms with Gasteiger partial charge in [-0.15, -0.1) is 0 Å². The highest BCUT2D eigenvalue weighted by atomic mass is 16.7. The lowest BCUT2D eigenvalue weighted by Crippen LogP contribution is -2.47. The van der Waals surface area contributed by atoms with Crippen LogP contribution in [0.1, 0.15) is 32.6 Å². The van der Waals surface area contributed by atoms with Crippen LogP contribution in [-0.2, 0) is 4.84 Å². The minimum atomic E-state index is -0.247. The molecule has 4 heteroatoms. The number of hydroxylamine groups is 2. The Hall–Kier alpha value is -0.160. The standard InChI is InChI=1S/C13H23NO3/c1-2-14-10-4-3-9-12(10)11(17-14)5-6-13(9,7-15)8-16/h9-12,15-16H,2-8H2,1H3/t9?,10-,11+,12?/m1/s1. The molecule has 2 saturated carbocycles. The fourth-order valence-electron chi connectivity index (χ4n) is 4.49. The second-order valence-electron chi connectivity index (χ2n) is 5.92. The normalized spacial score (nSPS) is 43.9. The first-order valence-electron chi connectivity index (χ1n) is 6.91. The van der Waals surface area contributed by atoms with Gasteiger partial charge < -0.3 is 10.2 Å². The van der Waals surface area contributed by atoms with Gasteiger partial charge in [-0.1, -0.05) is 6.92 Å². The molecule has 0 bridgehead atoms. The summed E-state index contributed by atoms with van der Waals surface area (Å²) in [6, 6.07) is 0.521. The van der Waals surface area contributed by atoms with E-state index >= 15 is 0 Å². The van der Waals surface area contributed by atoms with Crippen LogP contribution in [0.2, 0.25) is 0 Å². The summed E-state index contributed by atoms with van der Waals surface area (Å²) in [6.07, 6.45) is 4.50. The predicted molar refractivity (Wildman–Crippen MR) is 63.1 cm³/mol. The maximum Gasteiger partial charge on any atom is 0.0840 e. The monoisotopic (exact) mass is 241 g/mol. The molecule has 0 spiro atoms. The molecule has 2 aliphatic carbocycles. The second-order valence-corrected chi connectivity index (χ2v) is 5.92. The highest BCUT2D eigenvalue weighted by Gasteiger charge is 2.59. The third-order valence-corrected chi connectivity index (χ3v) is 5.41. The fourth-order valence-corrected chi connectivity index (χ4v) is 4.49. The van der Waals surface area contributed by atoms with Crippen LogP contribution in [0.5, 0.6) is 0 Å². The number of nitrogens with zero attached hydrogens (tertiary/aromatic N) is 1. The van der Waals surface area contributed by atoms with Crippen LogP contribution in [0.25, 0.3) is 0 Å². The maximum absolute atomic E-state index is 9.69. The first-order valence-corrected chi connectivity index (χ1v) is 6.91. The molecule has 98 valence electrons. The van der Waals surface area contributed by atoms with Crippen molar-refractivity contribution in [3.63, 3.8) is 0 Å². The van der Waals surface area contributed by atoms with Gasteiger partial charge in [0.25, 0.3) is 0 Å². The molecular formula is C13H23NO3. The minimum Gasteiger partial charge on any atom is -0.396 e. The molecular weight excluding hydrogens is 218 g/mol. The Morgan fingerprint density at radius 1 is 1.24 bits per heavy atom. The van der Waals surface area contributed by atoms with Gasteiger partial charge in [0.15, 0.2) is 0 Å². The number of hydrogen-bond acceptors (Lipinski definition) is 4. The van der Waals surface area contributed by atoms with Crippen LogP contribution in [0.3, 0.4) is 0 Å². The molecule has 3 aliphatic rings. The molecule has 0 aromatic carbocycles. The summed E-state index contributed by atoms with van der Waals surface area (Å²) >= 11 is 0. The number of hydrogen-bond donors (Lipinski definition) is 2. The lowest BCUT2D eigenvalue weighted by Gasteiger charge is -2.44. The molecule has 1 heterocycles. The van der Waals surface area contributed by atoms with Crippen LogP contribution in [-0.4, -0.2) is 47.2 Å². The zero-order valence-corrected chi connectivity index (χ0v) is 10.5. The molecule has 1 saturated heterocycles. The second kappa shape index (κ2) is 4.19. The van der Waals surface area contributed by atoms with Crippen LogP contribution < -0.4 is 0 Å². The fraction of sp³-hybridized carbons (Fsp3) is 1.00. The van der Waals surface area contributed by atoms with Gasteiger partial charge in [0.2, 0.25) is 0 Å². The van der Waals surface area contributed by atoms with Gasteiger partial charge in [0.05, 0.1) is 19.3 Å². The van der Waals surface area contributed by atoms with Crippen molar-refractivity contribution in [2.45, 2.75) is 44.8 Å². The Morgan fingerprint density at radius 3 is 2.65 bits per heavy atom. The van der Waals surface area contributed by atoms with E-state index in [1.165, 1.54) is 0 Å². The summed E-state index contributed by atoms with van der Waals surface area (Å²) < 4.78 is 0. The van der Waals surface area contributed by atoms with Crippen LogP contribution in [0, 0.1) is 17.3 Å². The molecule has 3 fully saturated rings. The molecule has 0 radical (unpaired) electrons. The van der Waals surface area contributed by atoms with Crippen molar-refractivity contribution in [2.24, 2.45) is 17.3 Å². The Kier molecular flexibility index (Phi) is 2.94. The molecule has 2 N–H and O–H groups in total. The third-order valence-electron chi connectivity index (χ3n) is 5.41. The smallest absolute Gasteiger partial charge is 0.0840 e. The zero-order valence-electron chi connectivity index (χ0n) is 10.5. The zero-order chi connectivity index (χ0) is 12.0. The molecule has 3 rings (SSSR count). The molecule has 4 atom stereocenters. The van der Waals surface area contributed by atoms with Crippen LogP contribution in [0.15, 0.2) is 0 Å². The topological polar surface area (TPSA) is 52.9 Å². The van der Waals surface area contributed by atoms with Gasteiger partial charge >= 0.3 is 0 Å². The lowest BCUT2D eigenvalue weighted by molar-refractivity contribution is -0.177. The van der Waals surface area contributed by atoms with Crippen LogP contribution >= 0.6 is 0 Å². The predicted octanol–water partition coefficient (Wildman–Crippen LogP) is 0.782. The Bertz CT molecular complexity index is 292. The van der Waals surface area contributed by atoms with Gasteiger partial charge in [0.1, 0.15) is 0 Å². The van der Waals surface area contributed by atoms with Gasteiger partial charge in [0, 0.05) is 23.9 Å².